The van der Waals surface area contributed by atoms with Crippen molar-refractivity contribution in [1.29, 1.82) is 0 Å². The number of methoxy groups -OCH3 is 1. The highest BCUT2D eigenvalue weighted by molar-refractivity contribution is 5.38. The van der Waals surface area contributed by atoms with Crippen LogP contribution < -0.4 is 14.2 Å². The Kier molecular flexibility index (Phi) is 8.07. The molecule has 3 aromatic carbocycles. The topological polar surface area (TPSA) is 36.9 Å². The predicted molar refractivity (Wildman–Crippen MR) is 119 cm³/mol. The quantitative estimate of drug-likeness (QED) is 0.349. The van der Waals surface area contributed by atoms with E-state index < -0.39 is 6.10 Å². The summed E-state index contributed by atoms with van der Waals surface area (Å²) in [5.41, 5.74) is 1.71. The van der Waals surface area contributed by atoms with Crippen molar-refractivity contribution in [3.63, 3.8) is 0 Å². The van der Waals surface area contributed by atoms with Crippen molar-refractivity contribution < 1.29 is 23.3 Å². The van der Waals surface area contributed by atoms with Crippen LogP contribution >= 0.6 is 0 Å². The molecule has 3 rings (SSSR count). The predicted octanol–water partition coefficient (Wildman–Crippen LogP) is 6.12. The zero-order chi connectivity index (χ0) is 22.1. The summed E-state index contributed by atoms with van der Waals surface area (Å²) in [7, 11) is 1.63. The molecule has 3 aromatic rings. The zero-order valence-corrected chi connectivity index (χ0v) is 17.8. The average Bonchev–Trinajstić information content (AvgIpc) is 2.81. The first kappa shape index (κ1) is 22.4. The van der Waals surface area contributed by atoms with Crippen LogP contribution in [0.4, 0.5) is 4.39 Å². The Morgan fingerprint density at radius 2 is 1.71 bits per heavy atom. The van der Waals surface area contributed by atoms with E-state index in [1.54, 1.807) is 19.3 Å². The Morgan fingerprint density at radius 1 is 0.968 bits per heavy atom. The fraction of sp³-hybridized carbons (Fsp3) is 0.231. The summed E-state index contributed by atoms with van der Waals surface area (Å²) in [5.74, 6) is 1.50. The van der Waals surface area contributed by atoms with Crippen LogP contribution in [0.1, 0.15) is 24.2 Å². The lowest BCUT2D eigenvalue weighted by Gasteiger charge is -2.27. The zero-order valence-electron chi connectivity index (χ0n) is 17.8. The lowest BCUT2D eigenvalue weighted by Crippen LogP contribution is -2.25. The first-order chi connectivity index (χ1) is 15.1. The average molecular weight is 422 g/mol. The second-order valence-electron chi connectivity index (χ2n) is 7.00. The molecule has 0 bridgehead atoms. The molecule has 0 aliphatic heterocycles. The molecule has 0 radical (unpaired) electrons. The molecule has 2 unspecified atom stereocenters. The number of hydrogen-bond acceptors (Lipinski definition) is 4. The summed E-state index contributed by atoms with van der Waals surface area (Å²) >= 11 is 0. The smallest absolute Gasteiger partial charge is 0.153 e. The van der Waals surface area contributed by atoms with Crippen LogP contribution in [0.25, 0.3) is 0 Å². The Hall–Kier alpha value is -3.31. The summed E-state index contributed by atoms with van der Waals surface area (Å²) in [4.78, 5) is 0. The molecule has 0 spiro atoms. The Labute approximate surface area is 182 Å². The third-order valence-electron chi connectivity index (χ3n) is 4.74. The lowest BCUT2D eigenvalue weighted by atomic mass is 10.0. The van der Waals surface area contributed by atoms with Crippen molar-refractivity contribution in [3.05, 3.63) is 102 Å². The van der Waals surface area contributed by atoms with Crippen molar-refractivity contribution in [2.24, 2.45) is 0 Å². The van der Waals surface area contributed by atoms with Crippen molar-refractivity contribution in [1.82, 2.24) is 0 Å². The first-order valence-electron chi connectivity index (χ1n) is 10.1. The molecular weight excluding hydrogens is 395 g/mol. The van der Waals surface area contributed by atoms with Crippen LogP contribution in [0.2, 0.25) is 0 Å². The number of hydrogen-bond donors (Lipinski definition) is 0. The molecule has 0 aromatic heterocycles. The van der Waals surface area contributed by atoms with E-state index in [9.17, 15) is 4.39 Å². The number of rotatable bonds is 11. The molecule has 4 nitrogen and oxygen atoms in total. The monoisotopic (exact) mass is 422 g/mol. The molecule has 31 heavy (non-hydrogen) atoms. The molecule has 0 heterocycles. The lowest BCUT2D eigenvalue weighted by molar-refractivity contribution is -0.0260. The Morgan fingerprint density at radius 3 is 2.39 bits per heavy atom. The van der Waals surface area contributed by atoms with E-state index in [-0.39, 0.29) is 18.5 Å². The first-order valence-corrected chi connectivity index (χ1v) is 10.1. The van der Waals surface area contributed by atoms with E-state index >= 15 is 0 Å². The summed E-state index contributed by atoms with van der Waals surface area (Å²) in [5, 5.41) is 0. The highest BCUT2D eigenvalue weighted by atomic mass is 19.1. The van der Waals surface area contributed by atoms with Crippen LogP contribution in [0.5, 0.6) is 17.2 Å². The fourth-order valence-corrected chi connectivity index (χ4v) is 3.11. The minimum Gasteiger partial charge on any atom is -0.497 e. The molecule has 0 saturated carbocycles. The van der Waals surface area contributed by atoms with Gasteiger partial charge in [0.2, 0.25) is 0 Å². The molecule has 0 N–H and O–H groups in total. The maximum Gasteiger partial charge on any atom is 0.153 e. The van der Waals surface area contributed by atoms with Gasteiger partial charge in [0.15, 0.2) is 6.10 Å². The fourth-order valence-electron chi connectivity index (χ4n) is 3.11. The van der Waals surface area contributed by atoms with E-state index in [0.717, 1.165) is 11.3 Å². The second kappa shape index (κ2) is 11.2. The molecule has 2 atom stereocenters. The van der Waals surface area contributed by atoms with E-state index in [2.05, 4.69) is 6.58 Å². The Balaban J connectivity index is 1.84. The van der Waals surface area contributed by atoms with Gasteiger partial charge in [0.05, 0.1) is 19.8 Å². The van der Waals surface area contributed by atoms with Gasteiger partial charge in [-0.2, -0.15) is 0 Å². The summed E-state index contributed by atoms with van der Waals surface area (Å²) < 4.78 is 37.2. The van der Waals surface area contributed by atoms with Gasteiger partial charge in [-0.1, -0.05) is 43.0 Å². The Bertz CT molecular complexity index is 957. The molecule has 0 aliphatic rings. The maximum atomic E-state index is 13.9. The largest absolute Gasteiger partial charge is 0.497 e. The third kappa shape index (κ3) is 6.33. The number of ether oxygens (including phenoxy) is 4. The number of para-hydroxylation sites is 1. The van der Waals surface area contributed by atoms with Gasteiger partial charge < -0.3 is 18.9 Å². The maximum absolute atomic E-state index is 13.9. The summed E-state index contributed by atoms with van der Waals surface area (Å²) in [6.07, 6.45) is 0.755. The van der Waals surface area contributed by atoms with E-state index in [4.69, 9.17) is 18.9 Å². The van der Waals surface area contributed by atoms with Gasteiger partial charge in [-0.15, -0.1) is 0 Å². The normalized spacial score (nSPS) is 12.6. The molecule has 0 fully saturated rings. The molecule has 0 amide bonds. The van der Waals surface area contributed by atoms with Crippen LogP contribution in [-0.2, 0) is 11.3 Å². The van der Waals surface area contributed by atoms with Crippen LogP contribution in [0, 0.1) is 5.82 Å². The molecule has 162 valence electrons. The standard InChI is InChI=1S/C26H27FO4/c1-4-16-29-25-17-21(27)12-15-24(25)26(31-23-8-6-5-7-9-23)19(2)30-18-20-10-13-22(28-3)14-11-20/h4-15,17,19,26H,1,16,18H2,2-3H3. The summed E-state index contributed by atoms with van der Waals surface area (Å²) in [6.45, 7) is 6.25. The SMILES string of the molecule is C=CCOc1cc(F)ccc1C(Oc1ccccc1)C(C)OCc1ccc(OC)cc1. The number of halogens is 1. The van der Waals surface area contributed by atoms with Gasteiger partial charge in [-0.25, -0.2) is 4.39 Å². The highest BCUT2D eigenvalue weighted by Gasteiger charge is 2.26. The molecular formula is C26H27FO4. The van der Waals surface area contributed by atoms with Gasteiger partial charge in [0.1, 0.15) is 29.7 Å². The van der Waals surface area contributed by atoms with Crippen LogP contribution in [-0.4, -0.2) is 19.8 Å². The van der Waals surface area contributed by atoms with Crippen LogP contribution in [0.15, 0.2) is 85.5 Å². The van der Waals surface area contributed by atoms with Gasteiger partial charge in [0.25, 0.3) is 0 Å². The van der Waals surface area contributed by atoms with Crippen LogP contribution in [0.3, 0.4) is 0 Å². The highest BCUT2D eigenvalue weighted by Crippen LogP contribution is 2.34. The van der Waals surface area contributed by atoms with Gasteiger partial charge in [-0.05, 0) is 48.9 Å². The van der Waals surface area contributed by atoms with Crippen molar-refractivity contribution in [2.75, 3.05) is 13.7 Å². The van der Waals surface area contributed by atoms with Gasteiger partial charge in [0, 0.05) is 11.6 Å². The summed E-state index contributed by atoms with van der Waals surface area (Å²) in [6, 6.07) is 21.6. The van der Waals surface area contributed by atoms with Crippen molar-refractivity contribution in [3.8, 4) is 17.2 Å². The van der Waals surface area contributed by atoms with Gasteiger partial charge in [-0.3, -0.25) is 0 Å². The molecule has 0 saturated heterocycles. The van der Waals surface area contributed by atoms with E-state index in [0.29, 0.717) is 23.7 Å². The second-order valence-corrected chi connectivity index (χ2v) is 7.00. The van der Waals surface area contributed by atoms with E-state index in [1.165, 1.54) is 12.1 Å². The number of benzene rings is 3. The minimum atomic E-state index is -0.513. The third-order valence-corrected chi connectivity index (χ3v) is 4.74. The van der Waals surface area contributed by atoms with Crippen molar-refractivity contribution in [2.45, 2.75) is 25.7 Å². The van der Waals surface area contributed by atoms with E-state index in [1.807, 2.05) is 61.5 Å². The molecule has 0 aliphatic carbocycles. The molecule has 5 heteroatoms. The van der Waals surface area contributed by atoms with Gasteiger partial charge >= 0.3 is 0 Å². The minimum absolute atomic E-state index is 0.260. The van der Waals surface area contributed by atoms with Crippen molar-refractivity contribution >= 4 is 0 Å².